The van der Waals surface area contributed by atoms with E-state index in [2.05, 4.69) is 20.8 Å². The highest BCUT2D eigenvalue weighted by molar-refractivity contribution is 6.02. The van der Waals surface area contributed by atoms with Crippen LogP contribution in [-0.4, -0.2) is 23.2 Å². The summed E-state index contributed by atoms with van der Waals surface area (Å²) in [7, 11) is 1.75. The van der Waals surface area contributed by atoms with Crippen LogP contribution in [0.4, 0.5) is 11.5 Å². The maximum Gasteiger partial charge on any atom is 0.276 e. The summed E-state index contributed by atoms with van der Waals surface area (Å²) in [4.78, 5) is 12.0. The Kier molecular flexibility index (Phi) is 3.75. The SMILES string of the molecule is CNc1ccc(C(=O)Nc2ccc(C)c(C)c2)nn1. The number of rotatable bonds is 3. The van der Waals surface area contributed by atoms with Crippen molar-refractivity contribution in [2.24, 2.45) is 0 Å². The van der Waals surface area contributed by atoms with E-state index in [1.54, 1.807) is 19.2 Å². The molecule has 0 aliphatic carbocycles. The molecule has 2 aromatic rings. The van der Waals surface area contributed by atoms with Crippen LogP contribution in [0.2, 0.25) is 0 Å². The first-order valence-electron chi connectivity index (χ1n) is 6.00. The van der Waals surface area contributed by atoms with Crippen LogP contribution in [0.3, 0.4) is 0 Å². The minimum absolute atomic E-state index is 0.265. The van der Waals surface area contributed by atoms with Crippen molar-refractivity contribution in [1.82, 2.24) is 10.2 Å². The summed E-state index contributed by atoms with van der Waals surface area (Å²) >= 11 is 0. The number of nitrogens with zero attached hydrogens (tertiary/aromatic N) is 2. The Bertz CT molecular complexity index is 593. The quantitative estimate of drug-likeness (QED) is 0.884. The van der Waals surface area contributed by atoms with Gasteiger partial charge in [-0.25, -0.2) is 0 Å². The van der Waals surface area contributed by atoms with Gasteiger partial charge in [0.25, 0.3) is 5.91 Å². The van der Waals surface area contributed by atoms with Gasteiger partial charge >= 0.3 is 0 Å². The highest BCUT2D eigenvalue weighted by Crippen LogP contribution is 2.15. The highest BCUT2D eigenvalue weighted by atomic mass is 16.1. The molecule has 2 rings (SSSR count). The van der Waals surface area contributed by atoms with Crippen LogP contribution >= 0.6 is 0 Å². The lowest BCUT2D eigenvalue weighted by Crippen LogP contribution is -2.14. The average Bonchev–Trinajstić information content (AvgIpc) is 2.43. The van der Waals surface area contributed by atoms with Crippen molar-refractivity contribution in [2.75, 3.05) is 17.7 Å². The molecule has 0 aliphatic rings. The summed E-state index contributed by atoms with van der Waals surface area (Å²) in [6, 6.07) is 9.12. The van der Waals surface area contributed by atoms with Gasteiger partial charge < -0.3 is 10.6 Å². The van der Waals surface area contributed by atoms with Crippen molar-refractivity contribution >= 4 is 17.4 Å². The molecule has 1 heterocycles. The van der Waals surface area contributed by atoms with Crippen molar-refractivity contribution in [3.63, 3.8) is 0 Å². The maximum atomic E-state index is 12.0. The molecule has 0 unspecified atom stereocenters. The summed E-state index contributed by atoms with van der Waals surface area (Å²) in [5.74, 6) is 0.362. The van der Waals surface area contributed by atoms with Gasteiger partial charge in [-0.3, -0.25) is 4.79 Å². The minimum atomic E-state index is -0.265. The van der Waals surface area contributed by atoms with Gasteiger partial charge in [0.2, 0.25) is 0 Å². The molecule has 0 fully saturated rings. The molecule has 5 nitrogen and oxygen atoms in total. The summed E-state index contributed by atoms with van der Waals surface area (Å²) in [5, 5.41) is 13.4. The number of aromatic nitrogens is 2. The highest BCUT2D eigenvalue weighted by Gasteiger charge is 2.08. The molecule has 1 aromatic carbocycles. The van der Waals surface area contributed by atoms with Crippen LogP contribution in [0.25, 0.3) is 0 Å². The zero-order chi connectivity index (χ0) is 13.8. The summed E-state index contributed by atoms with van der Waals surface area (Å²) in [6.45, 7) is 4.04. The molecule has 0 radical (unpaired) electrons. The Labute approximate surface area is 112 Å². The Balaban J connectivity index is 2.13. The van der Waals surface area contributed by atoms with Gasteiger partial charge in [0, 0.05) is 12.7 Å². The van der Waals surface area contributed by atoms with Crippen LogP contribution in [0, 0.1) is 13.8 Å². The average molecular weight is 256 g/mol. The van der Waals surface area contributed by atoms with Crippen molar-refractivity contribution in [3.05, 3.63) is 47.2 Å². The third-order valence-electron chi connectivity index (χ3n) is 2.92. The van der Waals surface area contributed by atoms with Crippen LogP contribution < -0.4 is 10.6 Å². The van der Waals surface area contributed by atoms with Crippen molar-refractivity contribution in [2.45, 2.75) is 13.8 Å². The molecule has 19 heavy (non-hydrogen) atoms. The smallest absolute Gasteiger partial charge is 0.276 e. The van der Waals surface area contributed by atoms with Gasteiger partial charge in [0.1, 0.15) is 5.82 Å². The van der Waals surface area contributed by atoms with E-state index in [0.717, 1.165) is 11.3 Å². The van der Waals surface area contributed by atoms with Crippen molar-refractivity contribution in [1.29, 1.82) is 0 Å². The minimum Gasteiger partial charge on any atom is -0.372 e. The van der Waals surface area contributed by atoms with E-state index in [1.165, 1.54) is 5.56 Å². The van der Waals surface area contributed by atoms with Crippen LogP contribution in [0.1, 0.15) is 21.6 Å². The number of amides is 1. The van der Waals surface area contributed by atoms with E-state index in [4.69, 9.17) is 0 Å². The lowest BCUT2D eigenvalue weighted by molar-refractivity contribution is 0.102. The maximum absolute atomic E-state index is 12.0. The van der Waals surface area contributed by atoms with Gasteiger partial charge in [0.15, 0.2) is 5.69 Å². The second-order valence-corrected chi connectivity index (χ2v) is 4.31. The van der Waals surface area contributed by atoms with E-state index in [9.17, 15) is 4.79 Å². The van der Waals surface area contributed by atoms with Crippen molar-refractivity contribution < 1.29 is 4.79 Å². The van der Waals surface area contributed by atoms with Crippen LogP contribution in [0.5, 0.6) is 0 Å². The molecule has 98 valence electrons. The molecule has 5 heteroatoms. The van der Waals surface area contributed by atoms with Crippen molar-refractivity contribution in [3.8, 4) is 0 Å². The summed E-state index contributed by atoms with van der Waals surface area (Å²) in [5.41, 5.74) is 3.37. The lowest BCUT2D eigenvalue weighted by atomic mass is 10.1. The fraction of sp³-hybridized carbons (Fsp3) is 0.214. The normalized spacial score (nSPS) is 10.1. The molecule has 1 amide bonds. The van der Waals surface area contributed by atoms with E-state index < -0.39 is 0 Å². The predicted molar refractivity (Wildman–Crippen MR) is 75.4 cm³/mol. The first kappa shape index (κ1) is 13.0. The van der Waals surface area contributed by atoms with Gasteiger partial charge in [-0.1, -0.05) is 6.07 Å². The van der Waals surface area contributed by atoms with Crippen LogP contribution in [0.15, 0.2) is 30.3 Å². The Morgan fingerprint density at radius 1 is 1.05 bits per heavy atom. The predicted octanol–water partition coefficient (Wildman–Crippen LogP) is 2.39. The number of aryl methyl sites for hydroxylation is 2. The van der Waals surface area contributed by atoms with E-state index in [1.807, 2.05) is 32.0 Å². The Morgan fingerprint density at radius 3 is 2.42 bits per heavy atom. The topological polar surface area (TPSA) is 66.9 Å². The molecule has 0 saturated carbocycles. The largest absolute Gasteiger partial charge is 0.372 e. The Morgan fingerprint density at radius 2 is 1.84 bits per heavy atom. The summed E-state index contributed by atoms with van der Waals surface area (Å²) < 4.78 is 0. The number of carbonyl (C=O) groups is 1. The molecule has 0 bridgehead atoms. The first-order chi connectivity index (χ1) is 9.10. The fourth-order valence-electron chi connectivity index (χ4n) is 1.60. The zero-order valence-electron chi connectivity index (χ0n) is 11.2. The molecule has 0 saturated heterocycles. The fourth-order valence-corrected chi connectivity index (χ4v) is 1.60. The second kappa shape index (κ2) is 5.48. The zero-order valence-corrected chi connectivity index (χ0v) is 11.2. The number of anilines is 2. The standard InChI is InChI=1S/C14H16N4O/c1-9-4-5-11(8-10(9)2)16-14(19)12-6-7-13(15-3)18-17-12/h4-8H,1-3H3,(H,15,18)(H,16,19). The molecule has 0 atom stereocenters. The summed E-state index contributed by atoms with van der Waals surface area (Å²) in [6.07, 6.45) is 0. The van der Waals surface area contributed by atoms with Gasteiger partial charge in [-0.15, -0.1) is 10.2 Å². The third kappa shape index (κ3) is 3.07. The number of carbonyl (C=O) groups excluding carboxylic acids is 1. The second-order valence-electron chi connectivity index (χ2n) is 4.31. The van der Waals surface area contributed by atoms with Gasteiger partial charge in [-0.2, -0.15) is 0 Å². The van der Waals surface area contributed by atoms with Crippen LogP contribution in [-0.2, 0) is 0 Å². The van der Waals surface area contributed by atoms with E-state index in [-0.39, 0.29) is 11.6 Å². The number of benzene rings is 1. The lowest BCUT2D eigenvalue weighted by Gasteiger charge is -2.07. The monoisotopic (exact) mass is 256 g/mol. The Hall–Kier alpha value is -2.43. The molecule has 2 N–H and O–H groups in total. The molecule has 0 aliphatic heterocycles. The van der Waals surface area contributed by atoms with E-state index in [0.29, 0.717) is 5.82 Å². The molecular formula is C14H16N4O. The number of hydrogen-bond acceptors (Lipinski definition) is 4. The molecule has 0 spiro atoms. The number of nitrogens with one attached hydrogen (secondary N) is 2. The molecule has 1 aromatic heterocycles. The van der Waals surface area contributed by atoms with E-state index >= 15 is 0 Å². The first-order valence-corrected chi connectivity index (χ1v) is 6.00. The van der Waals surface area contributed by atoms with Gasteiger partial charge in [0.05, 0.1) is 0 Å². The van der Waals surface area contributed by atoms with Gasteiger partial charge in [-0.05, 0) is 49.2 Å². The third-order valence-corrected chi connectivity index (χ3v) is 2.92. The number of hydrogen-bond donors (Lipinski definition) is 2. The molecular weight excluding hydrogens is 240 g/mol.